The first-order valence-electron chi connectivity index (χ1n) is 9.96. The quantitative estimate of drug-likeness (QED) is 0.175. The summed E-state index contributed by atoms with van der Waals surface area (Å²) < 4.78 is 17.6. The number of nitrogens with zero attached hydrogens (tertiary/aromatic N) is 1. The molecule has 5 rings (SSSR count). The molecule has 0 spiro atoms. The number of ether oxygens (including phenoxy) is 2. The third-order valence-electron chi connectivity index (χ3n) is 4.72. The highest BCUT2D eigenvalue weighted by Gasteiger charge is 2.08. The number of rotatable bonds is 5. The van der Waals surface area contributed by atoms with Crippen LogP contribution in [0, 0.1) is 0 Å². The lowest BCUT2D eigenvalue weighted by molar-refractivity contribution is 0.479. The van der Waals surface area contributed by atoms with E-state index in [0.29, 0.717) is 11.6 Å². The lowest BCUT2D eigenvalue weighted by Gasteiger charge is -2.06. The van der Waals surface area contributed by atoms with Gasteiger partial charge in [-0.2, -0.15) is 0 Å². The Labute approximate surface area is 179 Å². The Bertz CT molecular complexity index is 1370. The predicted octanol–water partition coefficient (Wildman–Crippen LogP) is 7.29. The Balaban J connectivity index is 1.49. The van der Waals surface area contributed by atoms with Crippen LogP contribution in [0.5, 0.6) is 11.5 Å². The Kier molecular flexibility index (Phi) is 5.18. The van der Waals surface area contributed by atoms with Crippen LogP contribution in [-0.4, -0.2) is 5.90 Å². The minimum atomic E-state index is 0.411. The largest absolute Gasteiger partial charge is 0.465 e. The summed E-state index contributed by atoms with van der Waals surface area (Å²) in [4.78, 5) is 4.71. The van der Waals surface area contributed by atoms with E-state index in [1.165, 1.54) is 0 Å². The molecule has 0 aliphatic heterocycles. The number of hydrogen-bond acceptors (Lipinski definition) is 4. The second kappa shape index (κ2) is 8.59. The summed E-state index contributed by atoms with van der Waals surface area (Å²) in [5.41, 5.74) is 2.44. The second-order valence-corrected chi connectivity index (χ2v) is 6.88. The maximum atomic E-state index is 6.00. The Morgan fingerprint density at radius 2 is 1.35 bits per heavy atom. The number of hydrogen-bond donors (Lipinski definition) is 0. The van der Waals surface area contributed by atoms with Crippen molar-refractivity contribution in [3.8, 4) is 11.5 Å². The van der Waals surface area contributed by atoms with Gasteiger partial charge in [-0.05, 0) is 48.5 Å². The molecule has 150 valence electrons. The van der Waals surface area contributed by atoms with Crippen LogP contribution in [-0.2, 0) is 0 Å². The maximum Gasteiger partial charge on any atom is 0.222 e. The van der Waals surface area contributed by atoms with Crippen LogP contribution in [0.4, 0.5) is 5.69 Å². The third kappa shape index (κ3) is 4.33. The summed E-state index contributed by atoms with van der Waals surface area (Å²) in [7, 11) is 0. The fourth-order valence-electron chi connectivity index (χ4n) is 3.28. The fraction of sp³-hybridized carbons (Fsp3) is 0. The van der Waals surface area contributed by atoms with Gasteiger partial charge in [-0.25, -0.2) is 4.99 Å². The van der Waals surface area contributed by atoms with E-state index in [2.05, 4.69) is 0 Å². The molecular formula is C27H19NO3. The van der Waals surface area contributed by atoms with E-state index in [0.717, 1.165) is 33.4 Å². The highest BCUT2D eigenvalue weighted by molar-refractivity contribution is 6.06. The van der Waals surface area contributed by atoms with E-state index < -0.39 is 0 Å². The van der Waals surface area contributed by atoms with Crippen molar-refractivity contribution < 1.29 is 13.9 Å². The first kappa shape index (κ1) is 18.7. The van der Waals surface area contributed by atoms with Gasteiger partial charge in [-0.1, -0.05) is 54.6 Å². The average Bonchev–Trinajstić information content (AvgIpc) is 3.18. The molecule has 4 aromatic carbocycles. The van der Waals surface area contributed by atoms with E-state index in [9.17, 15) is 0 Å². The molecule has 1 heterocycles. The highest BCUT2D eigenvalue weighted by atomic mass is 16.5. The van der Waals surface area contributed by atoms with E-state index in [1.54, 1.807) is 12.3 Å². The summed E-state index contributed by atoms with van der Waals surface area (Å²) in [6, 6.07) is 32.9. The van der Waals surface area contributed by atoms with E-state index in [4.69, 9.17) is 18.9 Å². The molecule has 4 heteroatoms. The molecule has 0 unspecified atom stereocenters. The summed E-state index contributed by atoms with van der Waals surface area (Å²) in [6.07, 6.45) is 3.28. The van der Waals surface area contributed by atoms with Crippen molar-refractivity contribution in [2.45, 2.75) is 0 Å². The molecule has 0 fully saturated rings. The minimum absolute atomic E-state index is 0.411. The zero-order valence-electron chi connectivity index (χ0n) is 16.6. The minimum Gasteiger partial charge on any atom is -0.465 e. The Hall–Kier alpha value is -4.31. The monoisotopic (exact) mass is 405 g/mol. The van der Waals surface area contributed by atoms with Gasteiger partial charge in [0.2, 0.25) is 5.90 Å². The molecule has 0 aliphatic rings. The zero-order chi connectivity index (χ0) is 20.9. The van der Waals surface area contributed by atoms with Crippen LogP contribution in [0.25, 0.3) is 21.9 Å². The first-order chi connectivity index (χ1) is 15.3. The summed E-state index contributed by atoms with van der Waals surface area (Å²) in [6.45, 7) is 0. The van der Waals surface area contributed by atoms with Crippen molar-refractivity contribution in [1.82, 2.24) is 0 Å². The Morgan fingerprint density at radius 1 is 0.677 bits per heavy atom. The molecule has 0 atom stereocenters. The molecule has 0 saturated heterocycles. The molecule has 1 aromatic heterocycles. The number of aliphatic imine (C=N–C) groups is 1. The predicted molar refractivity (Wildman–Crippen MR) is 124 cm³/mol. The molecule has 5 aromatic rings. The number of para-hydroxylation sites is 3. The van der Waals surface area contributed by atoms with Crippen LogP contribution in [0.3, 0.4) is 0 Å². The van der Waals surface area contributed by atoms with Gasteiger partial charge in [-0.3, -0.25) is 0 Å². The molecular weight excluding hydrogens is 386 g/mol. The van der Waals surface area contributed by atoms with Crippen LogP contribution in [0.15, 0.2) is 125 Å². The van der Waals surface area contributed by atoms with Gasteiger partial charge in [0.25, 0.3) is 0 Å². The van der Waals surface area contributed by atoms with Crippen molar-refractivity contribution in [3.05, 3.63) is 115 Å². The molecule has 0 bridgehead atoms. The molecule has 0 aliphatic carbocycles. The normalized spacial score (nSPS) is 11.9. The van der Waals surface area contributed by atoms with Crippen molar-refractivity contribution >= 4 is 33.5 Å². The molecule has 4 nitrogen and oxygen atoms in total. The first-order valence-corrected chi connectivity index (χ1v) is 9.96. The standard InChI is InChI=1S/C27H19NO3/c1-3-9-21(10-4-1)29-18-17-27(30-22-11-5-2-6-12-22)28-20-15-16-26-24(19-20)23-13-7-8-14-25(23)31-26/h1-19H. The fourth-order valence-corrected chi connectivity index (χ4v) is 3.28. The van der Waals surface area contributed by atoms with Crippen LogP contribution < -0.4 is 9.47 Å². The smallest absolute Gasteiger partial charge is 0.222 e. The van der Waals surface area contributed by atoms with Crippen molar-refractivity contribution in [2.24, 2.45) is 4.99 Å². The van der Waals surface area contributed by atoms with Crippen molar-refractivity contribution in [2.75, 3.05) is 0 Å². The summed E-state index contributed by atoms with van der Waals surface area (Å²) in [5.74, 6) is 1.85. The maximum absolute atomic E-state index is 6.00. The van der Waals surface area contributed by atoms with Gasteiger partial charge in [-0.15, -0.1) is 0 Å². The summed E-state index contributed by atoms with van der Waals surface area (Å²) in [5, 5.41) is 2.07. The van der Waals surface area contributed by atoms with E-state index in [1.807, 2.05) is 103 Å². The van der Waals surface area contributed by atoms with Crippen molar-refractivity contribution in [3.63, 3.8) is 0 Å². The van der Waals surface area contributed by atoms with E-state index >= 15 is 0 Å². The number of furan rings is 1. The topological polar surface area (TPSA) is 44.0 Å². The van der Waals surface area contributed by atoms with Crippen LogP contribution >= 0.6 is 0 Å². The number of benzene rings is 4. The zero-order valence-corrected chi connectivity index (χ0v) is 16.6. The average molecular weight is 405 g/mol. The summed E-state index contributed by atoms with van der Waals surface area (Å²) >= 11 is 0. The van der Waals surface area contributed by atoms with Crippen molar-refractivity contribution in [1.29, 1.82) is 0 Å². The van der Waals surface area contributed by atoms with Crippen LogP contribution in [0.2, 0.25) is 0 Å². The van der Waals surface area contributed by atoms with Gasteiger partial charge < -0.3 is 13.9 Å². The van der Waals surface area contributed by atoms with Gasteiger partial charge in [0.05, 0.1) is 11.9 Å². The lowest BCUT2D eigenvalue weighted by Crippen LogP contribution is -2.05. The van der Waals surface area contributed by atoms with Gasteiger partial charge in [0.1, 0.15) is 22.7 Å². The SMILES string of the molecule is C(=CC(=Nc1ccc2oc3ccccc3c2c1)Oc1ccccc1)Oc1ccccc1. The van der Waals surface area contributed by atoms with Gasteiger partial charge in [0, 0.05) is 16.8 Å². The molecule has 31 heavy (non-hydrogen) atoms. The Morgan fingerprint density at radius 3 is 2.16 bits per heavy atom. The molecule has 0 amide bonds. The second-order valence-electron chi connectivity index (χ2n) is 6.88. The van der Waals surface area contributed by atoms with Gasteiger partial charge in [0.15, 0.2) is 0 Å². The van der Waals surface area contributed by atoms with Crippen LogP contribution in [0.1, 0.15) is 0 Å². The van der Waals surface area contributed by atoms with E-state index in [-0.39, 0.29) is 0 Å². The highest BCUT2D eigenvalue weighted by Crippen LogP contribution is 2.31. The number of fused-ring (bicyclic) bond motifs is 3. The molecule has 0 saturated carbocycles. The third-order valence-corrected chi connectivity index (χ3v) is 4.72. The lowest BCUT2D eigenvalue weighted by atomic mass is 10.1. The van der Waals surface area contributed by atoms with Gasteiger partial charge >= 0.3 is 0 Å². The molecule has 0 radical (unpaired) electrons. The molecule has 0 N–H and O–H groups in total.